The maximum Gasteiger partial charge on any atom is 0.225 e. The van der Waals surface area contributed by atoms with Gasteiger partial charge in [-0.05, 0) is 30.7 Å². The number of benzene rings is 1. The lowest BCUT2D eigenvalue weighted by molar-refractivity contribution is -0.116. The number of ether oxygens (including phenoxy) is 1. The van der Waals surface area contributed by atoms with Gasteiger partial charge in [0, 0.05) is 19.5 Å². The average molecular weight is 435 g/mol. The minimum Gasteiger partial charge on any atom is -0.379 e. The van der Waals surface area contributed by atoms with Crippen molar-refractivity contribution < 1.29 is 9.53 Å². The van der Waals surface area contributed by atoms with Gasteiger partial charge in [-0.25, -0.2) is 4.68 Å². The summed E-state index contributed by atoms with van der Waals surface area (Å²) < 4.78 is 6.95. The van der Waals surface area contributed by atoms with Gasteiger partial charge in [0.25, 0.3) is 0 Å². The third-order valence-electron chi connectivity index (χ3n) is 4.12. The molecule has 3 rings (SSSR count). The van der Waals surface area contributed by atoms with Gasteiger partial charge >= 0.3 is 0 Å². The molecular formula is C17H22Cl3N5O2. The van der Waals surface area contributed by atoms with Crippen molar-refractivity contribution in [2.45, 2.75) is 19.4 Å². The number of hydrogen-bond acceptors (Lipinski definition) is 5. The first kappa shape index (κ1) is 21.9. The van der Waals surface area contributed by atoms with Crippen molar-refractivity contribution in [1.29, 1.82) is 0 Å². The highest BCUT2D eigenvalue weighted by Crippen LogP contribution is 2.23. The second kappa shape index (κ2) is 10.8. The largest absolute Gasteiger partial charge is 0.379 e. The van der Waals surface area contributed by atoms with Gasteiger partial charge < -0.3 is 10.1 Å². The molecule has 0 bridgehead atoms. The zero-order valence-electron chi connectivity index (χ0n) is 14.7. The van der Waals surface area contributed by atoms with Crippen molar-refractivity contribution >= 4 is 47.3 Å². The number of hydrogen-bond donors (Lipinski definition) is 1. The van der Waals surface area contributed by atoms with E-state index in [1.807, 2.05) is 6.07 Å². The van der Waals surface area contributed by atoms with Gasteiger partial charge in [-0.3, -0.25) is 9.69 Å². The number of aromatic nitrogens is 3. The van der Waals surface area contributed by atoms with E-state index in [0.29, 0.717) is 28.8 Å². The van der Waals surface area contributed by atoms with Gasteiger partial charge in [-0.2, -0.15) is 0 Å². The Morgan fingerprint density at radius 1 is 1.22 bits per heavy atom. The van der Waals surface area contributed by atoms with E-state index >= 15 is 0 Å². The Kier molecular flexibility index (Phi) is 8.79. The van der Waals surface area contributed by atoms with Crippen LogP contribution in [0, 0.1) is 0 Å². The standard InChI is InChI=1S/C17H21Cl2N5O2.ClH/c18-14-4-3-13(10-15(14)19)11-24-12-16(21-22-24)20-17(25)2-1-5-23-6-8-26-9-7-23;/h3-4,10,12H,1-2,5-9,11H2,(H,20,25);1H. The van der Waals surface area contributed by atoms with E-state index in [1.54, 1.807) is 23.0 Å². The molecule has 7 nitrogen and oxygen atoms in total. The second-order valence-corrected chi connectivity index (χ2v) is 6.97. The third-order valence-corrected chi connectivity index (χ3v) is 4.86. The highest BCUT2D eigenvalue weighted by atomic mass is 35.5. The molecule has 1 fully saturated rings. The number of nitrogens with zero attached hydrogens (tertiary/aromatic N) is 4. The predicted octanol–water partition coefficient (Wildman–Crippen LogP) is 3.11. The molecule has 0 spiro atoms. The zero-order chi connectivity index (χ0) is 18.4. The number of morpholine rings is 1. The van der Waals surface area contributed by atoms with Gasteiger partial charge in [0.2, 0.25) is 5.91 Å². The number of carbonyl (C=O) groups is 1. The Labute approximate surface area is 174 Å². The molecule has 1 aliphatic heterocycles. The molecule has 1 N–H and O–H groups in total. The van der Waals surface area contributed by atoms with E-state index in [9.17, 15) is 4.79 Å². The summed E-state index contributed by atoms with van der Waals surface area (Å²) >= 11 is 11.9. The fourth-order valence-corrected chi connectivity index (χ4v) is 3.07. The zero-order valence-corrected chi connectivity index (χ0v) is 17.1. The number of nitrogens with one attached hydrogen (secondary N) is 1. The molecule has 148 valence electrons. The van der Waals surface area contributed by atoms with Gasteiger partial charge in [0.15, 0.2) is 5.82 Å². The molecule has 1 saturated heterocycles. The highest BCUT2D eigenvalue weighted by Gasteiger charge is 2.11. The summed E-state index contributed by atoms with van der Waals surface area (Å²) in [7, 11) is 0. The molecular weight excluding hydrogens is 413 g/mol. The summed E-state index contributed by atoms with van der Waals surface area (Å²) in [5.74, 6) is 0.390. The first-order valence-electron chi connectivity index (χ1n) is 8.54. The average Bonchev–Trinajstić information content (AvgIpc) is 3.06. The molecule has 27 heavy (non-hydrogen) atoms. The highest BCUT2D eigenvalue weighted by molar-refractivity contribution is 6.42. The fourth-order valence-electron chi connectivity index (χ4n) is 2.75. The fraction of sp³-hybridized carbons (Fsp3) is 0.471. The van der Waals surface area contributed by atoms with Crippen LogP contribution in [0.4, 0.5) is 5.82 Å². The van der Waals surface area contributed by atoms with Crippen molar-refractivity contribution in [2.75, 3.05) is 38.2 Å². The number of rotatable bonds is 7. The summed E-state index contributed by atoms with van der Waals surface area (Å²) in [4.78, 5) is 14.4. The summed E-state index contributed by atoms with van der Waals surface area (Å²) in [5.41, 5.74) is 0.952. The molecule has 2 heterocycles. The lowest BCUT2D eigenvalue weighted by atomic mass is 10.2. The Balaban J connectivity index is 0.00000261. The van der Waals surface area contributed by atoms with Gasteiger partial charge in [-0.1, -0.05) is 34.5 Å². The predicted molar refractivity (Wildman–Crippen MR) is 108 cm³/mol. The third kappa shape index (κ3) is 6.93. The quantitative estimate of drug-likeness (QED) is 0.725. The molecule has 1 amide bonds. The van der Waals surface area contributed by atoms with Crippen LogP contribution in [0.2, 0.25) is 10.0 Å². The van der Waals surface area contributed by atoms with Gasteiger partial charge in [0.1, 0.15) is 0 Å². The molecule has 1 aromatic heterocycles. The maximum atomic E-state index is 12.0. The van der Waals surface area contributed by atoms with Crippen molar-refractivity contribution in [3.8, 4) is 0 Å². The minimum atomic E-state index is -0.0557. The summed E-state index contributed by atoms with van der Waals surface area (Å²) in [6, 6.07) is 5.41. The van der Waals surface area contributed by atoms with Crippen LogP contribution in [0.15, 0.2) is 24.4 Å². The van der Waals surface area contributed by atoms with E-state index in [0.717, 1.165) is 44.8 Å². The SMILES string of the molecule is Cl.O=C(CCCN1CCOCC1)Nc1cn(Cc2ccc(Cl)c(Cl)c2)nn1. The Morgan fingerprint density at radius 3 is 2.74 bits per heavy atom. The summed E-state index contributed by atoms with van der Waals surface area (Å²) in [6.07, 6.45) is 2.96. The molecule has 0 aliphatic carbocycles. The van der Waals surface area contributed by atoms with Crippen molar-refractivity contribution in [2.24, 2.45) is 0 Å². The van der Waals surface area contributed by atoms with Crippen LogP contribution in [0.3, 0.4) is 0 Å². The molecule has 1 aromatic carbocycles. The number of amides is 1. The van der Waals surface area contributed by atoms with E-state index in [1.165, 1.54) is 0 Å². The Morgan fingerprint density at radius 2 is 2.00 bits per heavy atom. The summed E-state index contributed by atoms with van der Waals surface area (Å²) in [5, 5.41) is 11.8. The lowest BCUT2D eigenvalue weighted by Crippen LogP contribution is -2.37. The Hall–Kier alpha value is -1.38. The minimum absolute atomic E-state index is 0. The monoisotopic (exact) mass is 433 g/mol. The smallest absolute Gasteiger partial charge is 0.225 e. The molecule has 0 radical (unpaired) electrons. The first-order valence-corrected chi connectivity index (χ1v) is 9.30. The van der Waals surface area contributed by atoms with Gasteiger partial charge in [0.05, 0.1) is 36.0 Å². The molecule has 0 unspecified atom stereocenters. The van der Waals surface area contributed by atoms with Crippen LogP contribution < -0.4 is 5.32 Å². The van der Waals surface area contributed by atoms with Gasteiger partial charge in [-0.15, -0.1) is 17.5 Å². The number of carbonyl (C=O) groups excluding carboxylic acids is 1. The van der Waals surface area contributed by atoms with Crippen molar-refractivity contribution in [1.82, 2.24) is 19.9 Å². The van der Waals surface area contributed by atoms with E-state index in [-0.39, 0.29) is 18.3 Å². The molecule has 0 atom stereocenters. The van der Waals surface area contributed by atoms with E-state index < -0.39 is 0 Å². The van der Waals surface area contributed by atoms with E-state index in [4.69, 9.17) is 27.9 Å². The Bertz CT molecular complexity index is 750. The number of halogens is 3. The molecule has 10 heteroatoms. The van der Waals surface area contributed by atoms with Crippen LogP contribution in [-0.4, -0.2) is 58.6 Å². The molecule has 2 aromatic rings. The van der Waals surface area contributed by atoms with Crippen LogP contribution in [0.1, 0.15) is 18.4 Å². The topological polar surface area (TPSA) is 72.3 Å². The lowest BCUT2D eigenvalue weighted by Gasteiger charge is -2.26. The summed E-state index contributed by atoms with van der Waals surface area (Å²) in [6.45, 7) is 4.81. The van der Waals surface area contributed by atoms with Crippen molar-refractivity contribution in [3.63, 3.8) is 0 Å². The van der Waals surface area contributed by atoms with Crippen LogP contribution in [0.5, 0.6) is 0 Å². The first-order chi connectivity index (χ1) is 12.6. The molecule has 0 saturated carbocycles. The van der Waals surface area contributed by atoms with Crippen LogP contribution in [0.25, 0.3) is 0 Å². The molecule has 1 aliphatic rings. The normalized spacial score (nSPS) is 14.6. The van der Waals surface area contributed by atoms with Crippen molar-refractivity contribution in [3.05, 3.63) is 40.0 Å². The van der Waals surface area contributed by atoms with Crippen LogP contribution in [-0.2, 0) is 16.1 Å². The van der Waals surface area contributed by atoms with Crippen LogP contribution >= 0.6 is 35.6 Å². The number of anilines is 1. The maximum absolute atomic E-state index is 12.0. The second-order valence-electron chi connectivity index (χ2n) is 6.16. The van der Waals surface area contributed by atoms with E-state index in [2.05, 4.69) is 20.5 Å².